The predicted octanol–water partition coefficient (Wildman–Crippen LogP) is 16.0. The molecule has 0 saturated carbocycles. The Morgan fingerprint density at radius 2 is 0.646 bits per heavy atom. The molecular formula is C69H42N10. The van der Waals surface area contributed by atoms with Crippen molar-refractivity contribution in [3.8, 4) is 103 Å². The van der Waals surface area contributed by atoms with E-state index in [4.69, 9.17) is 29.9 Å². The van der Waals surface area contributed by atoms with Crippen molar-refractivity contribution in [3.05, 3.63) is 253 Å². The highest BCUT2D eigenvalue weighted by Crippen LogP contribution is 2.45. The second kappa shape index (κ2) is 19.2. The van der Waals surface area contributed by atoms with Crippen molar-refractivity contribution in [2.45, 2.75) is 6.92 Å². The summed E-state index contributed by atoms with van der Waals surface area (Å²) in [5.74, 6) is 3.29. The molecular weight excluding hydrogens is 969 g/mol. The van der Waals surface area contributed by atoms with Crippen molar-refractivity contribution in [1.82, 2.24) is 39.0 Å². The molecule has 10 nitrogen and oxygen atoms in total. The van der Waals surface area contributed by atoms with Crippen LogP contribution in [0, 0.1) is 29.6 Å². The number of nitriles is 2. The number of fused-ring (bicyclic) bond motifs is 6. The number of hydrogen-bond donors (Lipinski definition) is 0. The van der Waals surface area contributed by atoms with Crippen LogP contribution in [-0.2, 0) is 0 Å². The van der Waals surface area contributed by atoms with Gasteiger partial charge < -0.3 is 9.13 Å². The Morgan fingerprint density at radius 3 is 1.01 bits per heavy atom. The van der Waals surface area contributed by atoms with Gasteiger partial charge in [-0.15, -0.1) is 0 Å². The van der Waals surface area contributed by atoms with Crippen LogP contribution in [0.25, 0.3) is 134 Å². The molecule has 14 rings (SSSR count). The van der Waals surface area contributed by atoms with Gasteiger partial charge >= 0.3 is 0 Å². The molecule has 0 N–H and O–H groups in total. The zero-order valence-electron chi connectivity index (χ0n) is 42.5. The molecule has 368 valence electrons. The summed E-state index contributed by atoms with van der Waals surface area (Å²) in [6, 6.07) is 84.1. The fourth-order valence-corrected chi connectivity index (χ4v) is 10.9. The normalized spacial score (nSPS) is 11.3. The molecule has 4 heterocycles. The van der Waals surface area contributed by atoms with Crippen LogP contribution in [0.3, 0.4) is 0 Å². The highest BCUT2D eigenvalue weighted by molar-refractivity contribution is 6.13. The Bertz CT molecular complexity index is 4420. The van der Waals surface area contributed by atoms with Crippen molar-refractivity contribution >= 4 is 43.6 Å². The molecule has 10 heteroatoms. The van der Waals surface area contributed by atoms with Gasteiger partial charge in [0.25, 0.3) is 0 Å². The van der Waals surface area contributed by atoms with E-state index in [1.54, 1.807) is 0 Å². The van der Waals surface area contributed by atoms with E-state index >= 15 is 0 Å². The van der Waals surface area contributed by atoms with E-state index in [0.29, 0.717) is 46.1 Å². The van der Waals surface area contributed by atoms with Gasteiger partial charge in [-0.05, 0) is 66.6 Å². The van der Waals surface area contributed by atoms with Gasteiger partial charge in [-0.1, -0.05) is 188 Å². The van der Waals surface area contributed by atoms with Gasteiger partial charge in [0.2, 0.25) is 0 Å². The lowest BCUT2D eigenvalue weighted by atomic mass is 9.93. The zero-order chi connectivity index (χ0) is 53.0. The van der Waals surface area contributed by atoms with Crippen molar-refractivity contribution in [1.29, 1.82) is 10.5 Å². The molecule has 14 aromatic rings. The quantitative estimate of drug-likeness (QED) is 0.139. The first-order valence-corrected chi connectivity index (χ1v) is 25.9. The van der Waals surface area contributed by atoms with Gasteiger partial charge in [-0.2, -0.15) is 10.5 Å². The summed E-state index contributed by atoms with van der Waals surface area (Å²) >= 11 is 0. The highest BCUT2D eigenvalue weighted by atomic mass is 15.1. The lowest BCUT2D eigenvalue weighted by molar-refractivity contribution is 1.07. The van der Waals surface area contributed by atoms with E-state index in [1.165, 1.54) is 0 Å². The van der Waals surface area contributed by atoms with Crippen LogP contribution >= 0.6 is 0 Å². The number of rotatable bonds is 9. The van der Waals surface area contributed by atoms with E-state index in [-0.39, 0.29) is 0 Å². The molecule has 0 spiro atoms. The topological polar surface area (TPSA) is 135 Å². The fourth-order valence-electron chi connectivity index (χ4n) is 10.9. The molecule has 0 amide bonds. The third-order valence-electron chi connectivity index (χ3n) is 14.6. The third kappa shape index (κ3) is 8.13. The molecule has 0 atom stereocenters. The van der Waals surface area contributed by atoms with Crippen LogP contribution in [-0.4, -0.2) is 39.0 Å². The Balaban J connectivity index is 1.05. The van der Waals surface area contributed by atoms with Gasteiger partial charge in [-0.3, -0.25) is 0 Å². The first kappa shape index (κ1) is 46.3. The minimum atomic E-state index is 0.458. The number of hydrogen-bond acceptors (Lipinski definition) is 8. The van der Waals surface area contributed by atoms with Gasteiger partial charge in [0.15, 0.2) is 34.9 Å². The number of nitrogens with zero attached hydrogens (tertiary/aromatic N) is 10. The van der Waals surface area contributed by atoms with E-state index in [2.05, 4.69) is 94.1 Å². The van der Waals surface area contributed by atoms with Gasteiger partial charge in [0.05, 0.1) is 56.7 Å². The first-order valence-electron chi connectivity index (χ1n) is 25.9. The highest BCUT2D eigenvalue weighted by Gasteiger charge is 2.26. The monoisotopic (exact) mass is 1010 g/mol. The number of aryl methyl sites for hydroxylation is 1. The van der Waals surface area contributed by atoms with E-state index in [9.17, 15) is 10.5 Å². The second-order valence-corrected chi connectivity index (χ2v) is 19.4. The van der Waals surface area contributed by atoms with Crippen LogP contribution in [0.5, 0.6) is 0 Å². The van der Waals surface area contributed by atoms with Crippen LogP contribution in [0.1, 0.15) is 16.7 Å². The number of aromatic nitrogens is 8. The van der Waals surface area contributed by atoms with Crippen molar-refractivity contribution in [2.75, 3.05) is 0 Å². The molecule has 0 aliphatic heterocycles. The van der Waals surface area contributed by atoms with Crippen LogP contribution in [0.4, 0.5) is 0 Å². The van der Waals surface area contributed by atoms with Crippen molar-refractivity contribution in [3.63, 3.8) is 0 Å². The van der Waals surface area contributed by atoms with Crippen LogP contribution in [0.15, 0.2) is 237 Å². The van der Waals surface area contributed by atoms with E-state index in [0.717, 1.165) is 105 Å². The summed E-state index contributed by atoms with van der Waals surface area (Å²) in [5, 5.41) is 25.5. The molecule has 0 saturated heterocycles. The lowest BCUT2D eigenvalue weighted by Gasteiger charge is -2.22. The minimum Gasteiger partial charge on any atom is -0.308 e. The second-order valence-electron chi connectivity index (χ2n) is 19.4. The predicted molar refractivity (Wildman–Crippen MR) is 314 cm³/mol. The molecule has 0 aliphatic carbocycles. The summed E-state index contributed by atoms with van der Waals surface area (Å²) in [4.78, 5) is 30.5. The lowest BCUT2D eigenvalue weighted by Crippen LogP contribution is -2.06. The average Bonchev–Trinajstić information content (AvgIpc) is 4.27. The van der Waals surface area contributed by atoms with Crippen molar-refractivity contribution < 1.29 is 0 Å². The molecule has 4 aromatic heterocycles. The van der Waals surface area contributed by atoms with E-state index in [1.807, 2.05) is 171 Å². The van der Waals surface area contributed by atoms with Crippen LogP contribution < -0.4 is 0 Å². The largest absolute Gasteiger partial charge is 0.308 e. The molecule has 0 radical (unpaired) electrons. The molecule has 0 unspecified atom stereocenters. The minimum absolute atomic E-state index is 0.458. The molecule has 0 fully saturated rings. The Hall–Kier alpha value is -11.2. The van der Waals surface area contributed by atoms with Gasteiger partial charge in [0, 0.05) is 60.5 Å². The summed E-state index contributed by atoms with van der Waals surface area (Å²) in [6.45, 7) is 2.04. The Labute approximate surface area is 454 Å². The van der Waals surface area contributed by atoms with Crippen LogP contribution in [0.2, 0.25) is 0 Å². The third-order valence-corrected chi connectivity index (χ3v) is 14.6. The molecule has 0 bridgehead atoms. The number of benzene rings is 10. The average molecular weight is 1010 g/mol. The molecule has 10 aromatic carbocycles. The SMILES string of the molecule is Cc1cc(C#N)ccc1-c1c(-n2c3ccccc3c3ccc(-c4nc(-c5ccccc5)nc(-c5ccccc5)n4)cc32)cc(C#N)cc1-n1c2ccccc2c2ccc(-c3nc(-c4ccccc4)nc(-c4ccccc4)n3)cc21. The maximum Gasteiger partial charge on any atom is 0.164 e. The standard InChI is InChI=1S/C69H42N10/c1-43-36-44(41-70)30-33-52(43)63-61(78-57-28-16-14-26-53(57)55-34-31-50(39-59(55)78)68-74-64(46-18-6-2-7-19-46)72-65(75-68)47-20-8-3-9-21-47)37-45(42-71)38-62(63)79-58-29-17-15-27-54(58)56-35-32-51(40-60(56)79)69-76-66(48-22-10-4-11-23-48)73-67(77-69)49-24-12-5-13-25-49/h2-40H,1H3. The maximum atomic E-state index is 11.2. The Morgan fingerprint density at radius 1 is 0.304 bits per heavy atom. The van der Waals surface area contributed by atoms with Crippen molar-refractivity contribution in [2.24, 2.45) is 0 Å². The molecule has 79 heavy (non-hydrogen) atoms. The molecule has 0 aliphatic rings. The smallest absolute Gasteiger partial charge is 0.164 e. The van der Waals surface area contributed by atoms with E-state index < -0.39 is 0 Å². The number of para-hydroxylation sites is 2. The maximum absolute atomic E-state index is 11.2. The summed E-state index contributed by atoms with van der Waals surface area (Å²) in [6.07, 6.45) is 0. The first-order chi connectivity index (χ1) is 39.0. The Kier molecular flexibility index (Phi) is 11.3. The summed E-state index contributed by atoms with van der Waals surface area (Å²) in [5.41, 5.74) is 13.9. The van der Waals surface area contributed by atoms with Gasteiger partial charge in [-0.25, -0.2) is 29.9 Å². The summed E-state index contributed by atoms with van der Waals surface area (Å²) in [7, 11) is 0. The fraction of sp³-hybridized carbons (Fsp3) is 0.0145. The summed E-state index contributed by atoms with van der Waals surface area (Å²) < 4.78 is 4.53. The zero-order valence-corrected chi connectivity index (χ0v) is 42.5. The van der Waals surface area contributed by atoms with Gasteiger partial charge in [0.1, 0.15) is 0 Å².